The summed E-state index contributed by atoms with van der Waals surface area (Å²) in [7, 11) is 4.83. The van der Waals surface area contributed by atoms with Crippen LogP contribution in [0.25, 0.3) is 0 Å². The Bertz CT molecular complexity index is 401. The minimum atomic E-state index is 0.132. The van der Waals surface area contributed by atoms with Gasteiger partial charge in [-0.25, -0.2) is 0 Å². The van der Waals surface area contributed by atoms with Gasteiger partial charge < -0.3 is 19.0 Å². The first kappa shape index (κ1) is 14.5. The fraction of sp³-hybridized carbons (Fsp3) is 0.500. The molecule has 0 aliphatic carbocycles. The van der Waals surface area contributed by atoms with Gasteiger partial charge in [-0.3, -0.25) is 0 Å². The first-order chi connectivity index (χ1) is 8.69. The molecule has 0 spiro atoms. The average molecular weight is 252 g/mol. The third-order valence-corrected chi connectivity index (χ3v) is 2.95. The van der Waals surface area contributed by atoms with E-state index in [1.807, 2.05) is 19.1 Å². The highest BCUT2D eigenvalue weighted by Gasteiger charge is 2.18. The molecule has 0 aromatic heterocycles. The van der Waals surface area contributed by atoms with E-state index in [2.05, 4.69) is 0 Å². The van der Waals surface area contributed by atoms with E-state index in [4.69, 9.17) is 14.2 Å². The zero-order valence-electron chi connectivity index (χ0n) is 11.4. The second-order valence-corrected chi connectivity index (χ2v) is 4.11. The molecular formula is C14H20O4. The number of ether oxygens (including phenoxy) is 3. The highest BCUT2D eigenvalue weighted by molar-refractivity contribution is 5.55. The second-order valence-electron chi connectivity index (χ2n) is 4.11. The molecule has 0 heterocycles. The summed E-state index contributed by atoms with van der Waals surface area (Å²) in [5, 5.41) is 0. The lowest BCUT2D eigenvalue weighted by molar-refractivity contribution is -0.108. The van der Waals surface area contributed by atoms with E-state index in [9.17, 15) is 4.79 Å². The van der Waals surface area contributed by atoms with Crippen LogP contribution < -0.4 is 9.47 Å². The molecule has 0 amide bonds. The van der Waals surface area contributed by atoms with E-state index < -0.39 is 0 Å². The zero-order chi connectivity index (χ0) is 13.5. The second kappa shape index (κ2) is 7.01. The largest absolute Gasteiger partial charge is 0.493 e. The summed E-state index contributed by atoms with van der Waals surface area (Å²) in [6.45, 7) is 2.44. The van der Waals surface area contributed by atoms with Gasteiger partial charge in [0.15, 0.2) is 11.5 Å². The summed E-state index contributed by atoms with van der Waals surface area (Å²) in [6, 6.07) is 3.82. The van der Waals surface area contributed by atoms with E-state index in [0.29, 0.717) is 24.5 Å². The number of hydrogen-bond acceptors (Lipinski definition) is 4. The Labute approximate surface area is 108 Å². The zero-order valence-corrected chi connectivity index (χ0v) is 11.4. The van der Waals surface area contributed by atoms with Gasteiger partial charge in [0.1, 0.15) is 6.29 Å². The maximum atomic E-state index is 10.6. The van der Waals surface area contributed by atoms with Crippen LogP contribution in [0.15, 0.2) is 12.1 Å². The van der Waals surface area contributed by atoms with Gasteiger partial charge in [0.25, 0.3) is 0 Å². The number of rotatable bonds is 7. The van der Waals surface area contributed by atoms with Crippen molar-refractivity contribution in [2.45, 2.75) is 25.9 Å². The van der Waals surface area contributed by atoms with Crippen molar-refractivity contribution >= 4 is 6.29 Å². The molecule has 1 atom stereocenters. The fourth-order valence-corrected chi connectivity index (χ4v) is 2.03. The molecule has 0 saturated heterocycles. The number of carbonyl (C=O) groups excluding carboxylic acids is 1. The minimum Gasteiger partial charge on any atom is -0.493 e. The summed E-state index contributed by atoms with van der Waals surface area (Å²) in [5.41, 5.74) is 2.00. The molecule has 18 heavy (non-hydrogen) atoms. The molecule has 1 rings (SSSR count). The molecule has 4 heteroatoms. The van der Waals surface area contributed by atoms with Crippen LogP contribution in [0.4, 0.5) is 0 Å². The number of carbonyl (C=O) groups is 1. The van der Waals surface area contributed by atoms with Crippen LogP contribution in [0.2, 0.25) is 0 Å². The van der Waals surface area contributed by atoms with E-state index in [1.165, 1.54) is 0 Å². The monoisotopic (exact) mass is 252 g/mol. The molecule has 0 aliphatic rings. The third-order valence-electron chi connectivity index (χ3n) is 2.95. The van der Waals surface area contributed by atoms with Crippen molar-refractivity contribution in [3.05, 3.63) is 23.3 Å². The minimum absolute atomic E-state index is 0.132. The van der Waals surface area contributed by atoms with Crippen LogP contribution in [-0.2, 0) is 16.1 Å². The standard InChI is InChI=1S/C14H20O4/c1-10(7-8-15)11-5-6-13(17-3)14(18-4)12(11)9-16-2/h5-6,8,10H,7,9H2,1-4H3. The van der Waals surface area contributed by atoms with Gasteiger partial charge in [-0.2, -0.15) is 0 Å². The Morgan fingerprint density at radius 2 is 1.94 bits per heavy atom. The van der Waals surface area contributed by atoms with Gasteiger partial charge in [0.2, 0.25) is 0 Å². The Balaban J connectivity index is 3.28. The molecule has 0 fully saturated rings. The fourth-order valence-electron chi connectivity index (χ4n) is 2.03. The molecule has 0 radical (unpaired) electrons. The van der Waals surface area contributed by atoms with Crippen LogP contribution >= 0.6 is 0 Å². The summed E-state index contributed by atoms with van der Waals surface area (Å²) < 4.78 is 15.9. The Morgan fingerprint density at radius 3 is 2.44 bits per heavy atom. The molecule has 1 aromatic rings. The van der Waals surface area contributed by atoms with Crippen molar-refractivity contribution in [2.24, 2.45) is 0 Å². The molecule has 1 unspecified atom stereocenters. The van der Waals surface area contributed by atoms with Crippen molar-refractivity contribution in [1.29, 1.82) is 0 Å². The lowest BCUT2D eigenvalue weighted by Crippen LogP contribution is -2.05. The van der Waals surface area contributed by atoms with Gasteiger partial charge in [-0.1, -0.05) is 13.0 Å². The van der Waals surface area contributed by atoms with Crippen molar-refractivity contribution in [2.75, 3.05) is 21.3 Å². The predicted molar refractivity (Wildman–Crippen MR) is 69.4 cm³/mol. The predicted octanol–water partition coefficient (Wildman–Crippen LogP) is 2.54. The summed E-state index contributed by atoms with van der Waals surface area (Å²) in [6.07, 6.45) is 1.41. The summed E-state index contributed by atoms with van der Waals surface area (Å²) in [4.78, 5) is 10.6. The molecule has 4 nitrogen and oxygen atoms in total. The smallest absolute Gasteiger partial charge is 0.166 e. The van der Waals surface area contributed by atoms with Crippen molar-refractivity contribution in [3.63, 3.8) is 0 Å². The summed E-state index contributed by atoms with van der Waals surface area (Å²) in [5.74, 6) is 1.48. The maximum absolute atomic E-state index is 10.6. The van der Waals surface area contributed by atoms with Crippen LogP contribution in [0, 0.1) is 0 Å². The molecule has 0 saturated carbocycles. The lowest BCUT2D eigenvalue weighted by Gasteiger charge is -2.19. The molecule has 100 valence electrons. The topological polar surface area (TPSA) is 44.8 Å². The molecule has 0 bridgehead atoms. The van der Waals surface area contributed by atoms with E-state index in [0.717, 1.165) is 17.4 Å². The van der Waals surface area contributed by atoms with Gasteiger partial charge in [-0.15, -0.1) is 0 Å². The van der Waals surface area contributed by atoms with E-state index >= 15 is 0 Å². The highest BCUT2D eigenvalue weighted by Crippen LogP contribution is 2.37. The molecule has 0 aliphatic heterocycles. The van der Waals surface area contributed by atoms with Gasteiger partial charge >= 0.3 is 0 Å². The van der Waals surface area contributed by atoms with Gasteiger partial charge in [0, 0.05) is 19.1 Å². The Hall–Kier alpha value is -1.55. The number of benzene rings is 1. The van der Waals surface area contributed by atoms with Crippen LogP contribution in [0.5, 0.6) is 11.5 Å². The van der Waals surface area contributed by atoms with Crippen LogP contribution in [-0.4, -0.2) is 27.6 Å². The third kappa shape index (κ3) is 3.01. The van der Waals surface area contributed by atoms with Crippen molar-refractivity contribution in [3.8, 4) is 11.5 Å². The number of aldehydes is 1. The Morgan fingerprint density at radius 1 is 1.22 bits per heavy atom. The van der Waals surface area contributed by atoms with Crippen molar-refractivity contribution < 1.29 is 19.0 Å². The van der Waals surface area contributed by atoms with Crippen molar-refractivity contribution in [1.82, 2.24) is 0 Å². The summed E-state index contributed by atoms with van der Waals surface area (Å²) >= 11 is 0. The Kier molecular flexibility index (Phi) is 5.65. The lowest BCUT2D eigenvalue weighted by atomic mass is 9.93. The SMILES string of the molecule is COCc1c(C(C)CC=O)ccc(OC)c1OC. The maximum Gasteiger partial charge on any atom is 0.166 e. The first-order valence-corrected chi connectivity index (χ1v) is 5.85. The first-order valence-electron chi connectivity index (χ1n) is 5.85. The number of hydrogen-bond donors (Lipinski definition) is 0. The van der Waals surface area contributed by atoms with Gasteiger partial charge in [0.05, 0.1) is 20.8 Å². The van der Waals surface area contributed by atoms with Crippen LogP contribution in [0.1, 0.15) is 30.4 Å². The van der Waals surface area contributed by atoms with Crippen LogP contribution in [0.3, 0.4) is 0 Å². The normalized spacial score (nSPS) is 12.0. The highest BCUT2D eigenvalue weighted by atomic mass is 16.5. The van der Waals surface area contributed by atoms with E-state index in [-0.39, 0.29) is 5.92 Å². The quantitative estimate of drug-likeness (QED) is 0.699. The average Bonchev–Trinajstić information content (AvgIpc) is 2.38. The molecule has 0 N–H and O–H groups in total. The van der Waals surface area contributed by atoms with Gasteiger partial charge in [-0.05, 0) is 17.5 Å². The molecule has 1 aromatic carbocycles. The molecular weight excluding hydrogens is 232 g/mol. The van der Waals surface area contributed by atoms with E-state index in [1.54, 1.807) is 21.3 Å². The number of methoxy groups -OCH3 is 3.